The summed E-state index contributed by atoms with van der Waals surface area (Å²) < 4.78 is 5.77. The van der Waals surface area contributed by atoms with Gasteiger partial charge in [0.15, 0.2) is 0 Å². The Bertz CT molecular complexity index is 390. The van der Waals surface area contributed by atoms with Crippen LogP contribution in [0.5, 0.6) is 0 Å². The molecule has 1 atom stereocenters. The van der Waals surface area contributed by atoms with Crippen LogP contribution in [-0.2, 0) is 17.8 Å². The second kappa shape index (κ2) is 8.13. The van der Waals surface area contributed by atoms with Gasteiger partial charge in [0, 0.05) is 42.0 Å². The summed E-state index contributed by atoms with van der Waals surface area (Å²) in [5.41, 5.74) is 0. The van der Waals surface area contributed by atoms with Gasteiger partial charge in [0.1, 0.15) is 0 Å². The number of likely N-dealkylation sites (tertiary alicyclic amines) is 1. The fourth-order valence-corrected chi connectivity index (χ4v) is 3.67. The molecule has 1 aromatic rings. The lowest BCUT2D eigenvalue weighted by molar-refractivity contribution is 0.00390. The largest absolute Gasteiger partial charge is 0.377 e. The molecule has 114 valence electrons. The van der Waals surface area contributed by atoms with Gasteiger partial charge in [-0.05, 0) is 38.4 Å². The minimum Gasteiger partial charge on any atom is -0.377 e. The van der Waals surface area contributed by atoms with Gasteiger partial charge < -0.3 is 10.1 Å². The normalized spacial score (nSPS) is 20.7. The van der Waals surface area contributed by atoms with E-state index in [4.69, 9.17) is 4.74 Å². The van der Waals surface area contributed by atoms with E-state index in [0.29, 0.717) is 12.1 Å². The second-order valence-electron chi connectivity index (χ2n) is 5.86. The molecule has 0 amide bonds. The van der Waals surface area contributed by atoms with Crippen molar-refractivity contribution in [2.75, 3.05) is 19.7 Å². The molecule has 0 radical (unpaired) electrons. The minimum atomic E-state index is 0.441. The molecule has 2 rings (SSSR count). The lowest BCUT2D eigenvalue weighted by Gasteiger charge is -2.32. The van der Waals surface area contributed by atoms with Crippen LogP contribution in [0.2, 0.25) is 0 Å². The number of ether oxygens (including phenoxy) is 1. The number of hydrogen-bond acceptors (Lipinski definition) is 4. The summed E-state index contributed by atoms with van der Waals surface area (Å²) in [6.07, 6.45) is 2.92. The zero-order chi connectivity index (χ0) is 14.4. The molecule has 1 aliphatic heterocycles. The van der Waals surface area contributed by atoms with Crippen LogP contribution in [0.15, 0.2) is 12.1 Å². The van der Waals surface area contributed by atoms with E-state index in [0.717, 1.165) is 26.2 Å². The van der Waals surface area contributed by atoms with Gasteiger partial charge in [0.2, 0.25) is 0 Å². The Morgan fingerprint density at radius 1 is 1.40 bits per heavy atom. The molecule has 2 heterocycles. The summed E-state index contributed by atoms with van der Waals surface area (Å²) in [5.74, 6) is 0. The molecule has 1 unspecified atom stereocenters. The van der Waals surface area contributed by atoms with Crippen LogP contribution in [0.3, 0.4) is 0 Å². The molecule has 1 aliphatic rings. The maximum Gasteiger partial charge on any atom is 0.0702 e. The van der Waals surface area contributed by atoms with Gasteiger partial charge in [-0.1, -0.05) is 13.8 Å². The summed E-state index contributed by atoms with van der Waals surface area (Å²) in [7, 11) is 0. The topological polar surface area (TPSA) is 24.5 Å². The highest BCUT2D eigenvalue weighted by atomic mass is 32.1. The molecule has 0 bridgehead atoms. The smallest absolute Gasteiger partial charge is 0.0702 e. The Morgan fingerprint density at radius 2 is 2.20 bits per heavy atom. The first-order chi connectivity index (χ1) is 9.67. The Hall–Kier alpha value is -0.420. The van der Waals surface area contributed by atoms with Gasteiger partial charge >= 0.3 is 0 Å². The van der Waals surface area contributed by atoms with Gasteiger partial charge in [0.25, 0.3) is 0 Å². The van der Waals surface area contributed by atoms with Crippen molar-refractivity contribution in [3.05, 3.63) is 21.9 Å². The van der Waals surface area contributed by atoms with Crippen molar-refractivity contribution in [1.29, 1.82) is 0 Å². The predicted octanol–water partition coefficient (Wildman–Crippen LogP) is 3.25. The van der Waals surface area contributed by atoms with Crippen molar-refractivity contribution in [2.24, 2.45) is 0 Å². The average molecular weight is 296 g/mol. The van der Waals surface area contributed by atoms with Crippen LogP contribution in [0.4, 0.5) is 0 Å². The summed E-state index contributed by atoms with van der Waals surface area (Å²) in [6.45, 7) is 11.7. The molecule has 1 N–H and O–H groups in total. The third-order valence-electron chi connectivity index (χ3n) is 3.65. The first kappa shape index (κ1) is 16.0. The third kappa shape index (κ3) is 5.17. The molecule has 1 saturated heterocycles. The van der Waals surface area contributed by atoms with Gasteiger partial charge in [-0.15, -0.1) is 11.3 Å². The van der Waals surface area contributed by atoms with E-state index in [-0.39, 0.29) is 0 Å². The van der Waals surface area contributed by atoms with E-state index in [2.05, 4.69) is 43.1 Å². The van der Waals surface area contributed by atoms with E-state index in [1.165, 1.54) is 29.1 Å². The molecule has 0 aliphatic carbocycles. The zero-order valence-electron chi connectivity index (χ0n) is 13.0. The Morgan fingerprint density at radius 3 is 2.95 bits per heavy atom. The Balaban J connectivity index is 1.80. The Labute approximate surface area is 127 Å². The van der Waals surface area contributed by atoms with Gasteiger partial charge in [-0.25, -0.2) is 0 Å². The molecule has 0 aromatic carbocycles. The number of thiophene rings is 1. The number of nitrogens with zero attached hydrogens (tertiary/aromatic N) is 1. The number of hydrogen-bond donors (Lipinski definition) is 1. The average Bonchev–Trinajstić information content (AvgIpc) is 2.85. The standard InChI is InChI=1S/C16H28N2OS/c1-4-19-14-6-5-9-18(11-14)12-16-8-7-15(20-16)10-17-13(2)3/h7-8,13-14,17H,4-6,9-12H2,1-3H3. The van der Waals surface area contributed by atoms with Gasteiger partial charge in [0.05, 0.1) is 6.10 Å². The molecule has 20 heavy (non-hydrogen) atoms. The fourth-order valence-electron chi connectivity index (χ4n) is 2.66. The van der Waals surface area contributed by atoms with Crippen molar-refractivity contribution < 1.29 is 4.74 Å². The molecule has 0 saturated carbocycles. The highest BCUT2D eigenvalue weighted by Gasteiger charge is 2.20. The minimum absolute atomic E-state index is 0.441. The van der Waals surface area contributed by atoms with Crippen molar-refractivity contribution in [3.63, 3.8) is 0 Å². The molecule has 1 aromatic heterocycles. The van der Waals surface area contributed by atoms with Crippen LogP contribution in [0, 0.1) is 0 Å². The molecule has 4 heteroatoms. The summed E-state index contributed by atoms with van der Waals surface area (Å²) >= 11 is 1.94. The zero-order valence-corrected chi connectivity index (χ0v) is 13.8. The van der Waals surface area contributed by atoms with Crippen molar-refractivity contribution in [1.82, 2.24) is 10.2 Å². The monoisotopic (exact) mass is 296 g/mol. The van der Waals surface area contributed by atoms with Crippen molar-refractivity contribution in [2.45, 2.75) is 58.8 Å². The lowest BCUT2D eigenvalue weighted by Crippen LogP contribution is -2.39. The van der Waals surface area contributed by atoms with E-state index in [9.17, 15) is 0 Å². The van der Waals surface area contributed by atoms with Crippen LogP contribution in [-0.4, -0.2) is 36.7 Å². The second-order valence-corrected chi connectivity index (χ2v) is 7.11. The van der Waals surface area contributed by atoms with Crippen LogP contribution >= 0.6 is 11.3 Å². The first-order valence-corrected chi connectivity index (χ1v) is 8.64. The first-order valence-electron chi connectivity index (χ1n) is 7.82. The van der Waals surface area contributed by atoms with Crippen LogP contribution in [0.1, 0.15) is 43.4 Å². The van der Waals surface area contributed by atoms with E-state index >= 15 is 0 Å². The van der Waals surface area contributed by atoms with Crippen molar-refractivity contribution >= 4 is 11.3 Å². The molecule has 3 nitrogen and oxygen atoms in total. The van der Waals surface area contributed by atoms with Gasteiger partial charge in [-0.3, -0.25) is 4.90 Å². The predicted molar refractivity (Wildman–Crippen MR) is 86.2 cm³/mol. The fraction of sp³-hybridized carbons (Fsp3) is 0.750. The highest BCUT2D eigenvalue weighted by Crippen LogP contribution is 2.21. The maximum absolute atomic E-state index is 5.77. The van der Waals surface area contributed by atoms with Crippen LogP contribution in [0.25, 0.3) is 0 Å². The van der Waals surface area contributed by atoms with Gasteiger partial charge in [-0.2, -0.15) is 0 Å². The van der Waals surface area contributed by atoms with Crippen LogP contribution < -0.4 is 5.32 Å². The summed E-state index contributed by atoms with van der Waals surface area (Å²) in [6, 6.07) is 5.10. The quantitative estimate of drug-likeness (QED) is 0.836. The highest BCUT2D eigenvalue weighted by molar-refractivity contribution is 7.11. The molecule has 0 spiro atoms. The third-order valence-corrected chi connectivity index (χ3v) is 4.72. The summed E-state index contributed by atoms with van der Waals surface area (Å²) in [4.78, 5) is 5.45. The molecule has 1 fully saturated rings. The maximum atomic E-state index is 5.77. The van der Waals surface area contributed by atoms with E-state index < -0.39 is 0 Å². The van der Waals surface area contributed by atoms with E-state index in [1.807, 2.05) is 11.3 Å². The number of piperidine rings is 1. The Kier molecular flexibility index (Phi) is 6.49. The lowest BCUT2D eigenvalue weighted by atomic mass is 10.1. The van der Waals surface area contributed by atoms with E-state index in [1.54, 1.807) is 0 Å². The SMILES string of the molecule is CCOC1CCCN(Cc2ccc(CNC(C)C)s2)C1. The van der Waals surface area contributed by atoms with Crippen molar-refractivity contribution in [3.8, 4) is 0 Å². The number of nitrogens with one attached hydrogen (secondary N) is 1. The molecular weight excluding hydrogens is 268 g/mol. The summed E-state index contributed by atoms with van der Waals surface area (Å²) in [5, 5.41) is 3.48. The number of rotatable bonds is 7. The molecular formula is C16H28N2OS.